The van der Waals surface area contributed by atoms with E-state index in [1.807, 2.05) is 0 Å². The minimum Gasteiger partial charge on any atom is -0.258 e. The molecular weight excluding hydrogens is 384 g/mol. The van der Waals surface area contributed by atoms with Crippen LogP contribution in [0.4, 0.5) is 11.4 Å². The van der Waals surface area contributed by atoms with Gasteiger partial charge in [0.25, 0.3) is 11.4 Å². The quantitative estimate of drug-likeness (QED) is 0.391. The van der Waals surface area contributed by atoms with E-state index in [1.54, 1.807) is 24.3 Å². The first kappa shape index (κ1) is 18.6. The molecule has 1 aliphatic heterocycles. The minimum absolute atomic E-state index is 0.0426. The molecule has 1 heterocycles. The van der Waals surface area contributed by atoms with Crippen molar-refractivity contribution < 1.29 is 9.85 Å². The molecule has 4 atom stereocenters. The highest BCUT2D eigenvalue weighted by Gasteiger charge is 2.77. The Morgan fingerprint density at radius 2 is 1.30 bits per heavy atom. The summed E-state index contributed by atoms with van der Waals surface area (Å²) >= 11 is 0. The van der Waals surface area contributed by atoms with Crippen LogP contribution in [0.1, 0.15) is 31.4 Å². The monoisotopic (exact) mass is 404 g/mol. The maximum Gasteiger partial charge on any atom is 0.269 e. The standard InChI is InChI=1S/C22H20N4O4/c1-20(2)21(14-6-10-16(11-7-14)25(27)28)18-4-3-5-19(18)22(20,24-23-21)15-8-12-17(13-9-15)26(29)30/h3-4,6-13,18-19H,5H2,1-2H3/t18-,19+,21-,22+/m1/s1. The van der Waals surface area contributed by atoms with Crippen LogP contribution >= 0.6 is 0 Å². The van der Waals surface area contributed by atoms with Gasteiger partial charge in [0.05, 0.1) is 9.85 Å². The van der Waals surface area contributed by atoms with E-state index in [0.717, 1.165) is 17.5 Å². The van der Waals surface area contributed by atoms with Crippen molar-refractivity contribution in [2.24, 2.45) is 27.5 Å². The van der Waals surface area contributed by atoms with Gasteiger partial charge in [-0.2, -0.15) is 10.2 Å². The second-order valence-corrected chi connectivity index (χ2v) is 8.76. The summed E-state index contributed by atoms with van der Waals surface area (Å²) in [5.41, 5.74) is 0.197. The maximum absolute atomic E-state index is 11.1. The largest absolute Gasteiger partial charge is 0.269 e. The van der Waals surface area contributed by atoms with E-state index in [-0.39, 0.29) is 23.2 Å². The molecule has 152 valence electrons. The van der Waals surface area contributed by atoms with Crippen molar-refractivity contribution in [1.29, 1.82) is 0 Å². The first-order valence-corrected chi connectivity index (χ1v) is 9.86. The van der Waals surface area contributed by atoms with E-state index in [2.05, 4.69) is 26.0 Å². The number of fused-ring (bicyclic) bond motifs is 5. The molecule has 0 saturated heterocycles. The fourth-order valence-corrected chi connectivity index (χ4v) is 6.15. The zero-order valence-corrected chi connectivity index (χ0v) is 16.6. The van der Waals surface area contributed by atoms with Crippen LogP contribution < -0.4 is 0 Å². The predicted molar refractivity (Wildman–Crippen MR) is 109 cm³/mol. The third kappa shape index (κ3) is 1.96. The molecule has 8 nitrogen and oxygen atoms in total. The van der Waals surface area contributed by atoms with Gasteiger partial charge in [0.2, 0.25) is 0 Å². The third-order valence-corrected chi connectivity index (χ3v) is 7.49. The van der Waals surface area contributed by atoms with E-state index in [0.29, 0.717) is 0 Å². The van der Waals surface area contributed by atoms with Crippen LogP contribution in [0.5, 0.6) is 0 Å². The lowest BCUT2D eigenvalue weighted by Crippen LogP contribution is -2.44. The van der Waals surface area contributed by atoms with E-state index < -0.39 is 26.3 Å². The highest BCUT2D eigenvalue weighted by Crippen LogP contribution is 2.76. The molecule has 2 aromatic carbocycles. The van der Waals surface area contributed by atoms with Gasteiger partial charge in [0.15, 0.2) is 0 Å². The van der Waals surface area contributed by atoms with Gasteiger partial charge < -0.3 is 0 Å². The Labute approximate surface area is 172 Å². The topological polar surface area (TPSA) is 111 Å². The predicted octanol–water partition coefficient (Wildman–Crippen LogP) is 5.29. The van der Waals surface area contributed by atoms with Gasteiger partial charge in [-0.1, -0.05) is 26.0 Å². The Kier molecular flexibility index (Phi) is 3.60. The molecule has 3 aliphatic rings. The van der Waals surface area contributed by atoms with Crippen molar-refractivity contribution in [3.8, 4) is 0 Å². The van der Waals surface area contributed by atoms with Gasteiger partial charge in [-0.3, -0.25) is 20.2 Å². The highest BCUT2D eigenvalue weighted by molar-refractivity contribution is 5.50. The SMILES string of the molecule is CC1(C)[C@]2(c3ccc([N+](=O)[O-])cc3)N=N[C@@]1(c1ccc([N+](=O)[O-])cc1)[C@H]1CC=C[C@H]12. The average molecular weight is 404 g/mol. The summed E-state index contributed by atoms with van der Waals surface area (Å²) in [6.45, 7) is 4.28. The lowest BCUT2D eigenvalue weighted by Gasteiger charge is -2.41. The number of allylic oxidation sites excluding steroid dienone is 1. The second kappa shape index (κ2) is 5.81. The number of benzene rings is 2. The van der Waals surface area contributed by atoms with Crippen LogP contribution in [0.15, 0.2) is 70.9 Å². The number of nitro benzene ring substituents is 2. The van der Waals surface area contributed by atoms with Crippen molar-refractivity contribution in [2.45, 2.75) is 31.3 Å². The van der Waals surface area contributed by atoms with Gasteiger partial charge in [-0.05, 0) is 41.8 Å². The Hall–Kier alpha value is -3.42. The number of azo groups is 1. The highest BCUT2D eigenvalue weighted by atomic mass is 16.6. The molecule has 1 fully saturated rings. The van der Waals surface area contributed by atoms with Crippen LogP contribution in [0, 0.1) is 37.5 Å². The summed E-state index contributed by atoms with van der Waals surface area (Å²) < 4.78 is 0. The Balaban J connectivity index is 1.68. The van der Waals surface area contributed by atoms with Crippen LogP contribution in [-0.2, 0) is 11.1 Å². The average Bonchev–Trinajstić information content (AvgIpc) is 3.35. The lowest BCUT2D eigenvalue weighted by atomic mass is 9.61. The molecule has 0 aromatic heterocycles. The maximum atomic E-state index is 11.1. The first-order chi connectivity index (χ1) is 14.3. The molecule has 2 bridgehead atoms. The first-order valence-electron chi connectivity index (χ1n) is 9.86. The zero-order chi connectivity index (χ0) is 21.3. The second-order valence-electron chi connectivity index (χ2n) is 8.76. The van der Waals surface area contributed by atoms with E-state index in [9.17, 15) is 20.2 Å². The molecule has 2 aliphatic carbocycles. The molecule has 0 unspecified atom stereocenters. The number of non-ortho nitro benzene ring substituents is 2. The molecule has 1 saturated carbocycles. The normalized spacial score (nSPS) is 32.3. The summed E-state index contributed by atoms with van der Waals surface area (Å²) in [5, 5.41) is 31.9. The molecule has 8 heteroatoms. The van der Waals surface area contributed by atoms with Crippen LogP contribution in [0.3, 0.4) is 0 Å². The fraction of sp³-hybridized carbons (Fsp3) is 0.364. The van der Waals surface area contributed by atoms with Gasteiger partial charge in [-0.25, -0.2) is 0 Å². The molecule has 2 aromatic rings. The third-order valence-electron chi connectivity index (χ3n) is 7.49. The van der Waals surface area contributed by atoms with Crippen LogP contribution in [0.2, 0.25) is 0 Å². The minimum atomic E-state index is -0.651. The summed E-state index contributed by atoms with van der Waals surface area (Å²) in [6, 6.07) is 13.3. The number of nitro groups is 2. The van der Waals surface area contributed by atoms with Crippen molar-refractivity contribution in [1.82, 2.24) is 0 Å². The van der Waals surface area contributed by atoms with Crippen molar-refractivity contribution in [3.05, 3.63) is 92.0 Å². The Morgan fingerprint density at radius 3 is 1.80 bits per heavy atom. The Morgan fingerprint density at radius 1 is 0.833 bits per heavy atom. The van der Waals surface area contributed by atoms with E-state index >= 15 is 0 Å². The molecule has 0 radical (unpaired) electrons. The van der Waals surface area contributed by atoms with Gasteiger partial charge in [-0.15, -0.1) is 0 Å². The van der Waals surface area contributed by atoms with E-state index in [1.165, 1.54) is 24.3 Å². The summed E-state index contributed by atoms with van der Waals surface area (Å²) in [5.74, 6) is 0.267. The number of rotatable bonds is 4. The molecule has 0 N–H and O–H groups in total. The van der Waals surface area contributed by atoms with Gasteiger partial charge in [0, 0.05) is 41.5 Å². The smallest absolute Gasteiger partial charge is 0.258 e. The number of hydrogen-bond donors (Lipinski definition) is 0. The van der Waals surface area contributed by atoms with Crippen molar-refractivity contribution >= 4 is 11.4 Å². The summed E-state index contributed by atoms with van der Waals surface area (Å²) in [7, 11) is 0. The molecule has 5 rings (SSSR count). The van der Waals surface area contributed by atoms with Crippen LogP contribution in [-0.4, -0.2) is 9.85 Å². The molecule has 0 amide bonds. The fourth-order valence-electron chi connectivity index (χ4n) is 6.15. The van der Waals surface area contributed by atoms with Crippen molar-refractivity contribution in [2.75, 3.05) is 0 Å². The summed E-state index contributed by atoms with van der Waals surface area (Å²) in [6.07, 6.45) is 5.19. The molecular formula is C22H20N4O4. The Bertz CT molecular complexity index is 1120. The summed E-state index contributed by atoms with van der Waals surface area (Å²) in [4.78, 5) is 21.4. The van der Waals surface area contributed by atoms with Gasteiger partial charge in [0.1, 0.15) is 11.1 Å². The molecule has 0 spiro atoms. The molecule has 30 heavy (non-hydrogen) atoms. The number of nitrogens with zero attached hydrogens (tertiary/aromatic N) is 4. The lowest BCUT2D eigenvalue weighted by molar-refractivity contribution is -0.385. The van der Waals surface area contributed by atoms with E-state index in [4.69, 9.17) is 10.2 Å². The van der Waals surface area contributed by atoms with Gasteiger partial charge >= 0.3 is 0 Å². The number of hydrogen-bond acceptors (Lipinski definition) is 6. The zero-order valence-electron chi connectivity index (χ0n) is 16.6. The van der Waals surface area contributed by atoms with Crippen LogP contribution in [0.25, 0.3) is 0 Å². The van der Waals surface area contributed by atoms with Crippen molar-refractivity contribution in [3.63, 3.8) is 0 Å².